The second-order valence-electron chi connectivity index (χ2n) is 12.8. The average molecular weight is 576 g/mol. The summed E-state index contributed by atoms with van der Waals surface area (Å²) in [5, 5.41) is 6.26. The SMILES string of the molecule is CCC/C(=C\C(CCC)c1ccccc1)Nc1ccccc1-c1ccc2c(c1)-c1cc3c(cc1C2(C)C)oc1ccccc13. The van der Waals surface area contributed by atoms with Gasteiger partial charge >= 0.3 is 0 Å². The van der Waals surface area contributed by atoms with E-state index in [1.54, 1.807) is 0 Å². The minimum atomic E-state index is -0.100. The average Bonchev–Trinajstić information content (AvgIpc) is 3.52. The first kappa shape index (κ1) is 28.2. The van der Waals surface area contributed by atoms with Crippen LogP contribution in [0.5, 0.6) is 0 Å². The highest BCUT2D eigenvalue weighted by molar-refractivity contribution is 6.08. The van der Waals surface area contributed by atoms with Crippen LogP contribution in [0.2, 0.25) is 0 Å². The van der Waals surface area contributed by atoms with Crippen molar-refractivity contribution in [2.75, 3.05) is 5.32 Å². The number of nitrogens with one attached hydrogen (secondary N) is 1. The molecule has 1 aliphatic rings. The number of hydrogen-bond donors (Lipinski definition) is 1. The summed E-state index contributed by atoms with van der Waals surface area (Å²) in [7, 11) is 0. The van der Waals surface area contributed by atoms with Crippen molar-refractivity contribution in [3.63, 3.8) is 0 Å². The second-order valence-corrected chi connectivity index (χ2v) is 12.8. The van der Waals surface area contributed by atoms with Gasteiger partial charge in [-0.15, -0.1) is 0 Å². The van der Waals surface area contributed by atoms with E-state index in [-0.39, 0.29) is 5.41 Å². The maximum atomic E-state index is 6.29. The number of para-hydroxylation sites is 2. The van der Waals surface area contributed by atoms with Gasteiger partial charge in [0, 0.05) is 39.1 Å². The van der Waals surface area contributed by atoms with Gasteiger partial charge in [-0.3, -0.25) is 0 Å². The highest BCUT2D eigenvalue weighted by Crippen LogP contribution is 2.52. The largest absolute Gasteiger partial charge is 0.456 e. The van der Waals surface area contributed by atoms with E-state index >= 15 is 0 Å². The number of fused-ring (bicyclic) bond motifs is 6. The second kappa shape index (κ2) is 11.5. The Hall–Kier alpha value is -4.56. The summed E-state index contributed by atoms with van der Waals surface area (Å²) in [6, 6.07) is 39.8. The molecule has 0 spiro atoms. The highest BCUT2D eigenvalue weighted by Gasteiger charge is 2.36. The molecule has 1 aromatic heterocycles. The summed E-state index contributed by atoms with van der Waals surface area (Å²) >= 11 is 0. The Morgan fingerprint density at radius 2 is 1.45 bits per heavy atom. The summed E-state index contributed by atoms with van der Waals surface area (Å²) < 4.78 is 6.29. The molecule has 5 aromatic carbocycles. The molecule has 1 N–H and O–H groups in total. The third kappa shape index (κ3) is 4.93. The van der Waals surface area contributed by atoms with Gasteiger partial charge in [0.25, 0.3) is 0 Å². The molecule has 0 fully saturated rings. The lowest BCUT2D eigenvalue weighted by molar-refractivity contribution is 0.647. The van der Waals surface area contributed by atoms with Crippen molar-refractivity contribution < 1.29 is 4.42 Å². The topological polar surface area (TPSA) is 25.2 Å². The van der Waals surface area contributed by atoms with Crippen LogP contribution in [0.4, 0.5) is 5.69 Å². The van der Waals surface area contributed by atoms with Crippen molar-refractivity contribution in [3.8, 4) is 22.3 Å². The molecule has 1 atom stereocenters. The van der Waals surface area contributed by atoms with Gasteiger partial charge in [-0.1, -0.05) is 125 Å². The lowest BCUT2D eigenvalue weighted by Gasteiger charge is -2.22. The molecule has 0 bridgehead atoms. The minimum Gasteiger partial charge on any atom is -0.456 e. The lowest BCUT2D eigenvalue weighted by atomic mass is 9.82. The Morgan fingerprint density at radius 3 is 2.27 bits per heavy atom. The van der Waals surface area contributed by atoms with E-state index in [0.717, 1.165) is 42.5 Å². The van der Waals surface area contributed by atoms with Crippen LogP contribution in [0.15, 0.2) is 125 Å². The molecule has 220 valence electrons. The number of benzene rings is 5. The summed E-state index contributed by atoms with van der Waals surface area (Å²) in [5.74, 6) is 0.400. The van der Waals surface area contributed by atoms with Crippen LogP contribution >= 0.6 is 0 Å². The first-order valence-corrected chi connectivity index (χ1v) is 16.2. The van der Waals surface area contributed by atoms with Crippen LogP contribution < -0.4 is 5.32 Å². The molecule has 0 radical (unpaired) electrons. The Morgan fingerprint density at radius 1 is 0.705 bits per heavy atom. The highest BCUT2D eigenvalue weighted by atomic mass is 16.3. The van der Waals surface area contributed by atoms with Crippen molar-refractivity contribution in [2.45, 2.75) is 64.7 Å². The van der Waals surface area contributed by atoms with Gasteiger partial charge in [0.15, 0.2) is 0 Å². The summed E-state index contributed by atoms with van der Waals surface area (Å²) in [6.07, 6.45) is 6.87. The number of allylic oxidation sites excluding steroid dienone is 2. The lowest BCUT2D eigenvalue weighted by Crippen LogP contribution is -2.14. The standard InChI is InChI=1S/C42H41NO/c1-5-14-29(28-16-8-7-9-17-28)24-31(15-6-2)43-39-20-12-10-18-32(39)30-22-23-37-34(25-30)35-26-36-33-19-11-13-21-40(33)44-41(36)27-38(35)42(37,3)4/h7-13,16-27,29,43H,5-6,14-15H2,1-4H3/b31-24+. The molecule has 2 heteroatoms. The summed E-state index contributed by atoms with van der Waals surface area (Å²) in [4.78, 5) is 0. The van der Waals surface area contributed by atoms with Crippen molar-refractivity contribution in [3.05, 3.63) is 138 Å². The predicted octanol–water partition coefficient (Wildman–Crippen LogP) is 12.2. The van der Waals surface area contributed by atoms with Crippen LogP contribution in [0.1, 0.15) is 76.0 Å². The van der Waals surface area contributed by atoms with Crippen molar-refractivity contribution in [1.82, 2.24) is 0 Å². The summed E-state index contributed by atoms with van der Waals surface area (Å²) in [5.41, 5.74) is 13.4. The van der Waals surface area contributed by atoms with Gasteiger partial charge in [-0.25, -0.2) is 0 Å². The van der Waals surface area contributed by atoms with Crippen molar-refractivity contribution >= 4 is 27.6 Å². The van der Waals surface area contributed by atoms with Gasteiger partial charge in [-0.2, -0.15) is 0 Å². The third-order valence-electron chi connectivity index (χ3n) is 9.46. The minimum absolute atomic E-state index is 0.100. The fourth-order valence-electron chi connectivity index (χ4n) is 7.21. The van der Waals surface area contributed by atoms with Gasteiger partial charge < -0.3 is 9.73 Å². The zero-order valence-electron chi connectivity index (χ0n) is 26.3. The Bertz CT molecular complexity index is 1990. The normalized spacial score (nSPS) is 14.5. The van der Waals surface area contributed by atoms with Crippen molar-refractivity contribution in [1.29, 1.82) is 0 Å². The Kier molecular flexibility index (Phi) is 7.38. The molecule has 7 rings (SSSR count). The van der Waals surface area contributed by atoms with E-state index in [0.29, 0.717) is 5.92 Å². The molecule has 1 aliphatic carbocycles. The first-order chi connectivity index (χ1) is 21.5. The van der Waals surface area contributed by atoms with E-state index in [2.05, 4.69) is 142 Å². The fraction of sp³-hybridized carbons (Fsp3) is 0.238. The molecule has 6 aromatic rings. The Balaban J connectivity index is 1.30. The van der Waals surface area contributed by atoms with E-state index < -0.39 is 0 Å². The molecular formula is C42H41NO. The van der Waals surface area contributed by atoms with Crippen LogP contribution in [0, 0.1) is 0 Å². The van der Waals surface area contributed by atoms with Gasteiger partial charge in [0.05, 0.1) is 0 Å². The molecule has 0 saturated carbocycles. The van der Waals surface area contributed by atoms with E-state index in [4.69, 9.17) is 4.42 Å². The zero-order valence-corrected chi connectivity index (χ0v) is 26.3. The number of hydrogen-bond acceptors (Lipinski definition) is 2. The molecule has 2 nitrogen and oxygen atoms in total. The third-order valence-corrected chi connectivity index (χ3v) is 9.46. The number of rotatable bonds is 9. The number of furan rings is 1. The quantitative estimate of drug-likeness (QED) is 0.185. The zero-order chi connectivity index (χ0) is 30.3. The maximum absolute atomic E-state index is 6.29. The molecule has 1 unspecified atom stereocenters. The van der Waals surface area contributed by atoms with Crippen LogP contribution in [0.25, 0.3) is 44.2 Å². The fourth-order valence-corrected chi connectivity index (χ4v) is 7.21. The Labute approximate surface area is 261 Å². The summed E-state index contributed by atoms with van der Waals surface area (Å²) in [6.45, 7) is 9.21. The molecular weight excluding hydrogens is 534 g/mol. The van der Waals surface area contributed by atoms with Crippen LogP contribution in [-0.4, -0.2) is 0 Å². The van der Waals surface area contributed by atoms with Crippen molar-refractivity contribution in [2.24, 2.45) is 0 Å². The monoisotopic (exact) mass is 575 g/mol. The van der Waals surface area contributed by atoms with E-state index in [9.17, 15) is 0 Å². The predicted molar refractivity (Wildman–Crippen MR) is 187 cm³/mol. The molecule has 1 heterocycles. The van der Waals surface area contributed by atoms with Gasteiger partial charge in [0.2, 0.25) is 0 Å². The molecule has 0 saturated heterocycles. The smallest absolute Gasteiger partial charge is 0.135 e. The van der Waals surface area contributed by atoms with Gasteiger partial charge in [0.1, 0.15) is 11.2 Å². The maximum Gasteiger partial charge on any atom is 0.135 e. The molecule has 0 aliphatic heterocycles. The van der Waals surface area contributed by atoms with Crippen LogP contribution in [0.3, 0.4) is 0 Å². The van der Waals surface area contributed by atoms with E-state index in [1.807, 2.05) is 6.07 Å². The van der Waals surface area contributed by atoms with Gasteiger partial charge in [-0.05, 0) is 76.6 Å². The van der Waals surface area contributed by atoms with E-state index in [1.165, 1.54) is 55.4 Å². The number of anilines is 1. The van der Waals surface area contributed by atoms with Crippen LogP contribution in [-0.2, 0) is 5.41 Å². The molecule has 44 heavy (non-hydrogen) atoms. The molecule has 0 amide bonds. The first-order valence-electron chi connectivity index (χ1n) is 16.2.